The van der Waals surface area contributed by atoms with Gasteiger partial charge in [0.25, 0.3) is 0 Å². The van der Waals surface area contributed by atoms with Crippen LogP contribution >= 0.6 is 37.9 Å². The maximum atomic E-state index is 10.2. The van der Waals surface area contributed by atoms with Crippen molar-refractivity contribution in [3.05, 3.63) is 0 Å². The van der Waals surface area contributed by atoms with E-state index in [1.165, 1.54) is 0 Å². The molecule has 0 amide bonds. The molecule has 0 rings (SSSR count). The summed E-state index contributed by atoms with van der Waals surface area (Å²) >= 11 is 10.7. The molecule has 0 aliphatic rings. The van der Waals surface area contributed by atoms with Gasteiger partial charge in [0, 0.05) is 40.0 Å². The largest absolute Gasteiger partial charge is 3.00 e. The summed E-state index contributed by atoms with van der Waals surface area (Å²) in [5.74, 6) is -6.90. The van der Waals surface area contributed by atoms with Crippen LogP contribution in [0.15, 0.2) is 0 Å². The molecule has 0 aromatic heterocycles. The monoisotopic (exact) mass is 665 g/mol. The standard InChI is InChI=1S/C5H11NO2S.2C4H6O4S.Au.Na/c1-5(2,9)3(6)4(7)8;2*5-3(6)1-2(9)4(7)8;;/h3,9H,6H2,1-2H3,(H,7,8);2*2,9H,1H2,(H,5,6)(H,7,8);;/q;;;+3;+1/p-4. The quantitative estimate of drug-likeness (QED) is 0.121. The Morgan fingerprint density at radius 3 is 1.17 bits per heavy atom. The van der Waals surface area contributed by atoms with Gasteiger partial charge in [0.15, 0.2) is 0 Å². The zero-order valence-electron chi connectivity index (χ0n) is 15.5. The topological polar surface area (TPSA) is 224 Å². The van der Waals surface area contributed by atoms with Crippen LogP contribution in [0.5, 0.6) is 0 Å². The second-order valence-electron chi connectivity index (χ2n) is 5.29. The van der Waals surface area contributed by atoms with Gasteiger partial charge in [-0.05, 0) is 13.8 Å². The van der Waals surface area contributed by atoms with Crippen LogP contribution in [-0.4, -0.2) is 56.2 Å². The Bertz CT molecular complexity index is 515. The predicted molar refractivity (Wildman–Crippen MR) is 93.5 cm³/mol. The van der Waals surface area contributed by atoms with Gasteiger partial charge in [-0.15, -0.1) is 0 Å². The summed E-state index contributed by atoms with van der Waals surface area (Å²) < 4.78 is -0.647. The fourth-order valence-electron chi connectivity index (χ4n) is 0.785. The summed E-state index contributed by atoms with van der Waals surface area (Å²) in [4.78, 5) is 49.0. The van der Waals surface area contributed by atoms with Gasteiger partial charge in [-0.25, -0.2) is 0 Å². The van der Waals surface area contributed by atoms with Crippen LogP contribution in [0.4, 0.5) is 0 Å². The van der Waals surface area contributed by atoms with Crippen LogP contribution in [-0.2, 0) is 46.4 Å². The van der Waals surface area contributed by atoms with Crippen molar-refractivity contribution < 1.29 is 101 Å². The Morgan fingerprint density at radius 2 is 1.14 bits per heavy atom. The molecule has 11 nitrogen and oxygen atoms in total. The van der Waals surface area contributed by atoms with Crippen molar-refractivity contribution in [3.63, 3.8) is 0 Å². The molecule has 3 unspecified atom stereocenters. The SMILES string of the molecule is CC(C)(S)C(N)C(=O)O.O=C([O-])CC(S)C(=O)[O-].O=C([O-])CC(S)C(=O)[O-].[Au+3].[Na+]. The van der Waals surface area contributed by atoms with E-state index in [0.717, 1.165) is 0 Å². The number of carboxylic acid groups (broad SMARTS) is 5. The van der Waals surface area contributed by atoms with Crippen LogP contribution in [0.2, 0.25) is 0 Å². The van der Waals surface area contributed by atoms with E-state index in [-0.39, 0.29) is 51.9 Å². The minimum Gasteiger partial charge on any atom is -0.550 e. The molecule has 0 aromatic rings. The maximum Gasteiger partial charge on any atom is 3.00 e. The Labute approximate surface area is 221 Å². The van der Waals surface area contributed by atoms with Crippen molar-refractivity contribution in [2.75, 3.05) is 0 Å². The first kappa shape index (κ1) is 39.6. The molecule has 0 aromatic carbocycles. The molecule has 0 aliphatic carbocycles. The Balaban J connectivity index is -0.0000000960. The van der Waals surface area contributed by atoms with Crippen molar-refractivity contribution in [2.24, 2.45) is 5.73 Å². The van der Waals surface area contributed by atoms with Crippen LogP contribution < -0.4 is 55.7 Å². The fourth-order valence-corrected chi connectivity index (χ4v) is 1.19. The number of nitrogens with two attached hydrogens (primary N) is 1. The van der Waals surface area contributed by atoms with E-state index >= 15 is 0 Å². The second kappa shape index (κ2) is 20.0. The number of carbonyl (C=O) groups excluding carboxylic acids is 4. The molecule has 0 saturated heterocycles. The van der Waals surface area contributed by atoms with Gasteiger partial charge >= 0.3 is 57.9 Å². The zero-order chi connectivity index (χ0) is 22.5. The van der Waals surface area contributed by atoms with Crippen LogP contribution in [0, 0.1) is 0 Å². The summed E-state index contributed by atoms with van der Waals surface area (Å²) in [6, 6.07) is -0.902. The second-order valence-corrected chi connectivity index (χ2v) is 7.69. The molecule has 3 atom stereocenters. The Morgan fingerprint density at radius 1 is 0.897 bits per heavy atom. The van der Waals surface area contributed by atoms with Crippen LogP contribution in [0.1, 0.15) is 26.7 Å². The first-order valence-corrected chi connectivity index (χ1v) is 8.29. The van der Waals surface area contributed by atoms with Crippen molar-refractivity contribution in [1.29, 1.82) is 0 Å². The molecular formula is C13H19AuNNaO10S3. The molecule has 16 heteroatoms. The number of aliphatic carboxylic acids is 5. The van der Waals surface area contributed by atoms with Crippen molar-refractivity contribution in [2.45, 2.75) is 48.0 Å². The molecule has 0 fully saturated rings. The molecule has 0 heterocycles. The fraction of sp³-hybridized carbons (Fsp3) is 0.615. The van der Waals surface area contributed by atoms with E-state index in [1.54, 1.807) is 13.8 Å². The normalized spacial score (nSPS) is 12.5. The van der Waals surface area contributed by atoms with Gasteiger partial charge in [0.05, 0.1) is 11.9 Å². The Hall–Kier alpha value is 0.100. The predicted octanol–water partition coefficient (Wildman–Crippen LogP) is -8.54. The van der Waals surface area contributed by atoms with Crippen LogP contribution in [0.25, 0.3) is 0 Å². The molecule has 3 N–H and O–H groups in total. The third kappa shape index (κ3) is 28.1. The molecule has 29 heavy (non-hydrogen) atoms. The van der Waals surface area contributed by atoms with Gasteiger partial charge in [-0.1, -0.05) is 0 Å². The van der Waals surface area contributed by atoms with E-state index in [1.807, 2.05) is 0 Å². The minimum atomic E-state index is -1.50. The van der Waals surface area contributed by atoms with Crippen molar-refractivity contribution in [3.8, 4) is 0 Å². The number of rotatable bonds is 8. The summed E-state index contributed by atoms with van der Waals surface area (Å²) in [6.45, 7) is 3.32. The van der Waals surface area contributed by atoms with Gasteiger partial charge in [0.1, 0.15) is 6.04 Å². The Kier molecular flexibility index (Phi) is 27.3. The van der Waals surface area contributed by atoms with E-state index < -0.39 is 64.0 Å². The summed E-state index contributed by atoms with van der Waals surface area (Å²) in [5, 5.41) is 44.6. The number of carbonyl (C=O) groups is 5. The minimum absolute atomic E-state index is 0. The van der Waals surface area contributed by atoms with Gasteiger partial charge in [-0.3, -0.25) is 4.79 Å². The summed E-state index contributed by atoms with van der Waals surface area (Å²) in [6.07, 6.45) is -1.24. The third-order valence-electron chi connectivity index (χ3n) is 2.29. The van der Waals surface area contributed by atoms with E-state index in [4.69, 9.17) is 10.8 Å². The average Bonchev–Trinajstić information content (AvgIpc) is 2.45. The van der Waals surface area contributed by atoms with E-state index in [2.05, 4.69) is 37.9 Å². The summed E-state index contributed by atoms with van der Waals surface area (Å²) in [7, 11) is 0. The molecule has 0 bridgehead atoms. The summed E-state index contributed by atoms with van der Waals surface area (Å²) in [5.41, 5.74) is 5.22. The first-order chi connectivity index (χ1) is 11.9. The average molecular weight is 665 g/mol. The van der Waals surface area contributed by atoms with Crippen LogP contribution in [0.3, 0.4) is 0 Å². The number of thiol groups is 3. The zero-order valence-corrected chi connectivity index (χ0v) is 22.3. The number of hydrogen-bond donors (Lipinski definition) is 5. The van der Waals surface area contributed by atoms with E-state index in [0.29, 0.717) is 0 Å². The molecule has 166 valence electrons. The van der Waals surface area contributed by atoms with E-state index in [9.17, 15) is 44.4 Å². The van der Waals surface area contributed by atoms with Gasteiger partial charge in [-0.2, -0.15) is 37.9 Å². The van der Waals surface area contributed by atoms with Gasteiger partial charge < -0.3 is 50.4 Å². The van der Waals surface area contributed by atoms with Crippen molar-refractivity contribution in [1.82, 2.24) is 0 Å². The third-order valence-corrected chi connectivity index (χ3v) is 3.36. The number of carboxylic acids is 5. The van der Waals surface area contributed by atoms with Crippen molar-refractivity contribution >= 4 is 67.7 Å². The molecule has 0 saturated carbocycles. The maximum absolute atomic E-state index is 10.2. The smallest absolute Gasteiger partial charge is 0.550 e. The first-order valence-electron chi connectivity index (χ1n) is 6.81. The molecule has 0 spiro atoms. The molecule has 0 aliphatic heterocycles. The number of hydrogen-bond acceptors (Lipinski definition) is 13. The molecular weight excluding hydrogens is 646 g/mol. The van der Waals surface area contributed by atoms with Gasteiger partial charge in [0.2, 0.25) is 0 Å². The molecule has 0 radical (unpaired) electrons.